The van der Waals surface area contributed by atoms with Gasteiger partial charge in [-0.2, -0.15) is 0 Å². The molecule has 0 atom stereocenters. The number of nitrogens with zero attached hydrogens (tertiary/aromatic N) is 1. The summed E-state index contributed by atoms with van der Waals surface area (Å²) in [7, 11) is 0. The topological polar surface area (TPSA) is 38.8 Å². The third kappa shape index (κ3) is 6.45. The lowest BCUT2D eigenvalue weighted by Gasteiger charge is -2.26. The first-order chi connectivity index (χ1) is 7.69. The van der Waals surface area contributed by atoms with Crippen molar-refractivity contribution in [2.75, 3.05) is 31.6 Å². The van der Waals surface area contributed by atoms with Crippen LogP contribution in [0.15, 0.2) is 0 Å². The maximum Gasteiger partial charge on any atom is 0.233 e. The Balaban J connectivity index is 4.25. The van der Waals surface area contributed by atoms with Crippen LogP contribution in [-0.2, 0) is 14.3 Å². The van der Waals surface area contributed by atoms with Gasteiger partial charge in [0.05, 0.1) is 11.9 Å². The number of alkyl halides is 1. The summed E-state index contributed by atoms with van der Waals surface area (Å²) in [6.45, 7) is 8.30. The first-order valence-electron chi connectivity index (χ1n) is 5.76. The van der Waals surface area contributed by atoms with Gasteiger partial charge in [-0.1, -0.05) is 22.9 Å². The Bertz CT molecular complexity index is 184. The highest BCUT2D eigenvalue weighted by Crippen LogP contribution is 2.03. The van der Waals surface area contributed by atoms with Gasteiger partial charge in [-0.05, 0) is 20.3 Å². The van der Waals surface area contributed by atoms with Gasteiger partial charge in [0, 0.05) is 19.8 Å². The second-order valence-corrected chi connectivity index (χ2v) is 3.87. The quantitative estimate of drug-likeness (QED) is 0.482. The highest BCUT2D eigenvalue weighted by molar-refractivity contribution is 9.09. The van der Waals surface area contributed by atoms with Crippen molar-refractivity contribution in [2.24, 2.45) is 0 Å². The van der Waals surface area contributed by atoms with Crippen LogP contribution in [0.5, 0.6) is 0 Å². The highest BCUT2D eigenvalue weighted by atomic mass is 79.9. The molecule has 0 fully saturated rings. The fourth-order valence-electron chi connectivity index (χ4n) is 1.38. The van der Waals surface area contributed by atoms with Crippen LogP contribution in [0.4, 0.5) is 0 Å². The van der Waals surface area contributed by atoms with Crippen molar-refractivity contribution in [2.45, 2.75) is 33.5 Å². The van der Waals surface area contributed by atoms with Gasteiger partial charge in [-0.15, -0.1) is 0 Å². The number of hydrogen-bond donors (Lipinski definition) is 0. The molecule has 0 bridgehead atoms. The standard InChI is InChI=1S/C11H22BrNO3/c1-4-7-13(10(14)8-12)9-11(15-5-2)16-6-3/h11H,4-9H2,1-3H3. The van der Waals surface area contributed by atoms with Gasteiger partial charge in [0.1, 0.15) is 0 Å². The molecule has 0 saturated carbocycles. The Morgan fingerprint density at radius 1 is 1.25 bits per heavy atom. The molecule has 0 unspecified atom stereocenters. The van der Waals surface area contributed by atoms with E-state index in [-0.39, 0.29) is 12.2 Å². The van der Waals surface area contributed by atoms with E-state index in [4.69, 9.17) is 9.47 Å². The van der Waals surface area contributed by atoms with Crippen molar-refractivity contribution in [3.63, 3.8) is 0 Å². The molecule has 0 aromatic carbocycles. The van der Waals surface area contributed by atoms with Gasteiger partial charge >= 0.3 is 0 Å². The van der Waals surface area contributed by atoms with Crippen LogP contribution in [0.2, 0.25) is 0 Å². The van der Waals surface area contributed by atoms with E-state index >= 15 is 0 Å². The average Bonchev–Trinajstić information content (AvgIpc) is 2.28. The van der Waals surface area contributed by atoms with Gasteiger partial charge in [0.2, 0.25) is 5.91 Å². The van der Waals surface area contributed by atoms with Gasteiger partial charge in [0.15, 0.2) is 6.29 Å². The van der Waals surface area contributed by atoms with Crippen molar-refractivity contribution in [1.82, 2.24) is 4.90 Å². The number of amides is 1. The lowest BCUT2D eigenvalue weighted by atomic mass is 10.4. The van der Waals surface area contributed by atoms with E-state index in [9.17, 15) is 4.79 Å². The molecule has 0 radical (unpaired) electrons. The number of rotatable bonds is 9. The summed E-state index contributed by atoms with van der Waals surface area (Å²) < 4.78 is 10.8. The highest BCUT2D eigenvalue weighted by Gasteiger charge is 2.17. The van der Waals surface area contributed by atoms with E-state index in [1.54, 1.807) is 4.90 Å². The van der Waals surface area contributed by atoms with E-state index in [0.717, 1.165) is 13.0 Å². The molecule has 0 spiro atoms. The fraction of sp³-hybridized carbons (Fsp3) is 0.909. The predicted octanol–water partition coefficient (Wildman–Crippen LogP) is 2.02. The van der Waals surface area contributed by atoms with Gasteiger partial charge in [-0.25, -0.2) is 0 Å². The molecular formula is C11H22BrNO3. The molecule has 0 rings (SSSR count). The van der Waals surface area contributed by atoms with Gasteiger partial charge < -0.3 is 14.4 Å². The summed E-state index contributed by atoms with van der Waals surface area (Å²) in [6.07, 6.45) is 0.619. The summed E-state index contributed by atoms with van der Waals surface area (Å²) in [5, 5.41) is 0.345. The maximum absolute atomic E-state index is 11.6. The van der Waals surface area contributed by atoms with Crippen LogP contribution in [0.25, 0.3) is 0 Å². The number of hydrogen-bond acceptors (Lipinski definition) is 3. The van der Waals surface area contributed by atoms with Gasteiger partial charge in [0.25, 0.3) is 0 Å². The summed E-state index contributed by atoms with van der Waals surface area (Å²) in [6, 6.07) is 0. The zero-order valence-corrected chi connectivity index (χ0v) is 12.0. The number of carbonyl (C=O) groups excluding carboxylic acids is 1. The third-order valence-electron chi connectivity index (χ3n) is 2.04. The Hall–Kier alpha value is -0.130. The van der Waals surface area contributed by atoms with Crippen LogP contribution in [-0.4, -0.2) is 48.7 Å². The molecule has 0 saturated heterocycles. The SMILES string of the molecule is CCCN(CC(OCC)OCC)C(=O)CBr. The Morgan fingerprint density at radius 2 is 1.81 bits per heavy atom. The number of halogens is 1. The first-order valence-corrected chi connectivity index (χ1v) is 6.88. The van der Waals surface area contributed by atoms with Gasteiger partial charge in [-0.3, -0.25) is 4.79 Å². The molecule has 16 heavy (non-hydrogen) atoms. The normalized spacial score (nSPS) is 10.8. The summed E-state index contributed by atoms with van der Waals surface area (Å²) >= 11 is 3.18. The zero-order chi connectivity index (χ0) is 12.4. The third-order valence-corrected chi connectivity index (χ3v) is 2.51. The van der Waals surface area contributed by atoms with Crippen LogP contribution in [0.1, 0.15) is 27.2 Å². The number of ether oxygens (including phenoxy) is 2. The van der Waals surface area contributed by atoms with Crippen molar-refractivity contribution in [3.8, 4) is 0 Å². The molecule has 1 amide bonds. The maximum atomic E-state index is 11.6. The molecular weight excluding hydrogens is 274 g/mol. The van der Waals surface area contributed by atoms with E-state index < -0.39 is 0 Å². The van der Waals surface area contributed by atoms with Crippen molar-refractivity contribution < 1.29 is 14.3 Å². The molecule has 0 heterocycles. The molecule has 4 nitrogen and oxygen atoms in total. The van der Waals surface area contributed by atoms with Crippen LogP contribution in [0, 0.1) is 0 Å². The Morgan fingerprint density at radius 3 is 2.19 bits per heavy atom. The molecule has 96 valence electrons. The van der Waals surface area contributed by atoms with E-state index in [0.29, 0.717) is 25.1 Å². The molecule has 5 heteroatoms. The molecule has 0 N–H and O–H groups in total. The lowest BCUT2D eigenvalue weighted by Crippen LogP contribution is -2.40. The lowest BCUT2D eigenvalue weighted by molar-refractivity contribution is -0.157. The van der Waals surface area contributed by atoms with E-state index in [2.05, 4.69) is 15.9 Å². The minimum atomic E-state index is -0.315. The first kappa shape index (κ1) is 15.9. The zero-order valence-electron chi connectivity index (χ0n) is 10.4. The average molecular weight is 296 g/mol. The minimum absolute atomic E-state index is 0.0752. The molecule has 0 aromatic rings. The summed E-state index contributed by atoms with van der Waals surface area (Å²) in [5.41, 5.74) is 0. The van der Waals surface area contributed by atoms with Crippen molar-refractivity contribution in [1.29, 1.82) is 0 Å². The molecule has 0 aromatic heterocycles. The molecule has 0 aliphatic rings. The van der Waals surface area contributed by atoms with Crippen LogP contribution in [0.3, 0.4) is 0 Å². The Kier molecular flexibility index (Phi) is 9.97. The smallest absolute Gasteiger partial charge is 0.233 e. The minimum Gasteiger partial charge on any atom is -0.351 e. The Labute approximate surface area is 106 Å². The van der Waals surface area contributed by atoms with Crippen LogP contribution >= 0.6 is 15.9 Å². The van der Waals surface area contributed by atoms with E-state index in [1.807, 2.05) is 20.8 Å². The second-order valence-electron chi connectivity index (χ2n) is 3.31. The van der Waals surface area contributed by atoms with E-state index in [1.165, 1.54) is 0 Å². The van der Waals surface area contributed by atoms with Crippen molar-refractivity contribution >= 4 is 21.8 Å². The summed E-state index contributed by atoms with van der Waals surface area (Å²) in [4.78, 5) is 13.4. The summed E-state index contributed by atoms with van der Waals surface area (Å²) in [5.74, 6) is 0.0752. The van der Waals surface area contributed by atoms with Crippen molar-refractivity contribution in [3.05, 3.63) is 0 Å². The largest absolute Gasteiger partial charge is 0.351 e. The fourth-order valence-corrected chi connectivity index (χ4v) is 1.73. The molecule has 0 aliphatic heterocycles. The monoisotopic (exact) mass is 295 g/mol. The molecule has 0 aliphatic carbocycles. The predicted molar refractivity (Wildman–Crippen MR) is 67.7 cm³/mol. The van der Waals surface area contributed by atoms with Crippen LogP contribution < -0.4 is 0 Å². The second kappa shape index (κ2) is 10.1. The number of carbonyl (C=O) groups is 1.